The quantitative estimate of drug-likeness (QED) is 0.844. The predicted molar refractivity (Wildman–Crippen MR) is 76.7 cm³/mol. The van der Waals surface area contributed by atoms with E-state index < -0.39 is 0 Å². The molecule has 2 N–H and O–H groups in total. The molecule has 0 saturated heterocycles. The van der Waals surface area contributed by atoms with E-state index in [9.17, 15) is 4.39 Å². The second-order valence-electron chi connectivity index (χ2n) is 5.70. The van der Waals surface area contributed by atoms with E-state index in [1.807, 2.05) is 6.07 Å². The number of hydrogen-bond donors (Lipinski definition) is 1. The van der Waals surface area contributed by atoms with Crippen molar-refractivity contribution >= 4 is 15.9 Å². The molecule has 4 unspecified atom stereocenters. The fourth-order valence-electron chi connectivity index (χ4n) is 2.95. The van der Waals surface area contributed by atoms with Crippen LogP contribution < -0.4 is 5.73 Å². The summed E-state index contributed by atoms with van der Waals surface area (Å²) in [5.74, 6) is 1.74. The standard InChI is InChI=1S/C15H21BrFN/c1-9-6-7-11(8-10(9)2)15(18)12-4-3-5-13(17)14(12)16/h3-5,9-11,15H,6-8,18H2,1-2H3. The normalized spacial score (nSPS) is 30.2. The first-order chi connectivity index (χ1) is 8.50. The summed E-state index contributed by atoms with van der Waals surface area (Å²) in [6.45, 7) is 4.61. The zero-order chi connectivity index (χ0) is 13.3. The number of nitrogens with two attached hydrogens (primary N) is 1. The van der Waals surface area contributed by atoms with Crippen LogP contribution in [0.5, 0.6) is 0 Å². The molecule has 3 heteroatoms. The van der Waals surface area contributed by atoms with Crippen molar-refractivity contribution in [3.63, 3.8) is 0 Å². The average Bonchev–Trinajstić information content (AvgIpc) is 2.35. The predicted octanol–water partition coefficient (Wildman–Crippen LogP) is 4.66. The Morgan fingerprint density at radius 1 is 1.28 bits per heavy atom. The lowest BCUT2D eigenvalue weighted by Gasteiger charge is -2.35. The Bertz CT molecular complexity index is 421. The first kappa shape index (κ1) is 14.0. The molecule has 1 nitrogen and oxygen atoms in total. The van der Waals surface area contributed by atoms with Crippen molar-refractivity contribution < 1.29 is 4.39 Å². The first-order valence-electron chi connectivity index (χ1n) is 6.70. The van der Waals surface area contributed by atoms with E-state index in [1.165, 1.54) is 12.5 Å². The zero-order valence-corrected chi connectivity index (χ0v) is 12.6. The molecule has 1 saturated carbocycles. The van der Waals surface area contributed by atoms with Gasteiger partial charge in [-0.05, 0) is 58.2 Å². The van der Waals surface area contributed by atoms with Crippen molar-refractivity contribution in [1.29, 1.82) is 0 Å². The van der Waals surface area contributed by atoms with Gasteiger partial charge in [-0.2, -0.15) is 0 Å². The summed E-state index contributed by atoms with van der Waals surface area (Å²) in [6, 6.07) is 5.07. The molecule has 100 valence electrons. The minimum Gasteiger partial charge on any atom is -0.324 e. The number of rotatable bonds is 2. The van der Waals surface area contributed by atoms with Gasteiger partial charge in [0.1, 0.15) is 5.82 Å². The molecular weight excluding hydrogens is 293 g/mol. The van der Waals surface area contributed by atoms with E-state index in [0.29, 0.717) is 16.3 Å². The van der Waals surface area contributed by atoms with Crippen molar-refractivity contribution in [2.75, 3.05) is 0 Å². The number of hydrogen-bond acceptors (Lipinski definition) is 1. The molecule has 4 atom stereocenters. The molecule has 18 heavy (non-hydrogen) atoms. The number of halogens is 2. The van der Waals surface area contributed by atoms with Crippen LogP contribution >= 0.6 is 15.9 Å². The SMILES string of the molecule is CC1CCC(C(N)c2cccc(F)c2Br)CC1C. The highest BCUT2D eigenvalue weighted by atomic mass is 79.9. The fourth-order valence-corrected chi connectivity index (χ4v) is 3.48. The lowest BCUT2D eigenvalue weighted by atomic mass is 9.72. The summed E-state index contributed by atoms with van der Waals surface area (Å²) in [5, 5.41) is 0. The van der Waals surface area contributed by atoms with Gasteiger partial charge in [0.2, 0.25) is 0 Å². The topological polar surface area (TPSA) is 26.0 Å². The van der Waals surface area contributed by atoms with Gasteiger partial charge in [-0.3, -0.25) is 0 Å². The first-order valence-corrected chi connectivity index (χ1v) is 7.49. The third kappa shape index (κ3) is 2.77. The second-order valence-corrected chi connectivity index (χ2v) is 6.49. The van der Waals surface area contributed by atoms with Crippen LogP contribution in [-0.2, 0) is 0 Å². The maximum Gasteiger partial charge on any atom is 0.137 e. The van der Waals surface area contributed by atoms with Crippen LogP contribution in [0, 0.1) is 23.6 Å². The summed E-state index contributed by atoms with van der Waals surface area (Å²) < 4.78 is 14.1. The van der Waals surface area contributed by atoms with Gasteiger partial charge >= 0.3 is 0 Å². The molecular formula is C15H21BrFN. The Morgan fingerprint density at radius 2 is 2.00 bits per heavy atom. The van der Waals surface area contributed by atoms with E-state index in [4.69, 9.17) is 5.73 Å². The summed E-state index contributed by atoms with van der Waals surface area (Å²) in [7, 11) is 0. The van der Waals surface area contributed by atoms with Gasteiger partial charge in [-0.1, -0.05) is 32.4 Å². The van der Waals surface area contributed by atoms with Crippen LogP contribution in [-0.4, -0.2) is 0 Å². The third-order valence-corrected chi connectivity index (χ3v) is 5.32. The molecule has 0 amide bonds. The van der Waals surface area contributed by atoms with Crippen LogP contribution in [0.2, 0.25) is 0 Å². The van der Waals surface area contributed by atoms with Crippen molar-refractivity contribution in [3.8, 4) is 0 Å². The van der Waals surface area contributed by atoms with Crippen LogP contribution in [0.15, 0.2) is 22.7 Å². The molecule has 1 aliphatic carbocycles. The van der Waals surface area contributed by atoms with E-state index in [1.54, 1.807) is 6.07 Å². The van der Waals surface area contributed by atoms with Crippen LogP contribution in [0.3, 0.4) is 0 Å². The largest absolute Gasteiger partial charge is 0.324 e. The molecule has 1 fully saturated rings. The molecule has 2 rings (SSSR count). The van der Waals surface area contributed by atoms with E-state index in [2.05, 4.69) is 29.8 Å². The van der Waals surface area contributed by atoms with Gasteiger partial charge in [-0.25, -0.2) is 4.39 Å². The minimum absolute atomic E-state index is 0.0648. The summed E-state index contributed by atoms with van der Waals surface area (Å²) >= 11 is 3.32. The van der Waals surface area contributed by atoms with Gasteiger partial charge in [-0.15, -0.1) is 0 Å². The minimum atomic E-state index is -0.222. The highest BCUT2D eigenvalue weighted by molar-refractivity contribution is 9.10. The van der Waals surface area contributed by atoms with E-state index >= 15 is 0 Å². The van der Waals surface area contributed by atoms with Crippen LogP contribution in [0.25, 0.3) is 0 Å². The summed E-state index contributed by atoms with van der Waals surface area (Å²) in [6.07, 6.45) is 3.52. The Balaban J connectivity index is 2.16. The van der Waals surface area contributed by atoms with Gasteiger partial charge < -0.3 is 5.73 Å². The van der Waals surface area contributed by atoms with Crippen molar-refractivity contribution in [2.24, 2.45) is 23.5 Å². The van der Waals surface area contributed by atoms with Crippen LogP contribution in [0.1, 0.15) is 44.7 Å². The fraction of sp³-hybridized carbons (Fsp3) is 0.600. The van der Waals surface area contributed by atoms with Gasteiger partial charge in [0, 0.05) is 6.04 Å². The molecule has 0 aromatic heterocycles. The molecule has 0 spiro atoms. The lowest BCUT2D eigenvalue weighted by molar-refractivity contribution is 0.185. The average molecular weight is 314 g/mol. The van der Waals surface area contributed by atoms with Gasteiger partial charge in [0.05, 0.1) is 4.47 Å². The van der Waals surface area contributed by atoms with Crippen molar-refractivity contribution in [3.05, 3.63) is 34.1 Å². The maximum atomic E-state index is 13.5. The molecule has 0 radical (unpaired) electrons. The highest BCUT2D eigenvalue weighted by Gasteiger charge is 2.30. The molecule has 1 aromatic rings. The second kappa shape index (κ2) is 5.70. The Labute approximate surface area is 117 Å². The van der Waals surface area contributed by atoms with E-state index in [0.717, 1.165) is 24.3 Å². The van der Waals surface area contributed by atoms with Crippen LogP contribution in [0.4, 0.5) is 4.39 Å². The lowest BCUT2D eigenvalue weighted by Crippen LogP contribution is -2.29. The molecule has 0 bridgehead atoms. The smallest absolute Gasteiger partial charge is 0.137 e. The monoisotopic (exact) mass is 313 g/mol. The third-order valence-electron chi connectivity index (χ3n) is 4.49. The van der Waals surface area contributed by atoms with Crippen molar-refractivity contribution in [1.82, 2.24) is 0 Å². The summed E-state index contributed by atoms with van der Waals surface area (Å²) in [5.41, 5.74) is 7.25. The van der Waals surface area contributed by atoms with E-state index in [-0.39, 0.29) is 11.9 Å². The summed E-state index contributed by atoms with van der Waals surface area (Å²) in [4.78, 5) is 0. The molecule has 1 aliphatic rings. The molecule has 0 heterocycles. The maximum absolute atomic E-state index is 13.5. The molecule has 0 aliphatic heterocycles. The highest BCUT2D eigenvalue weighted by Crippen LogP contribution is 2.40. The van der Waals surface area contributed by atoms with Gasteiger partial charge in [0.25, 0.3) is 0 Å². The number of benzene rings is 1. The Hall–Kier alpha value is -0.410. The van der Waals surface area contributed by atoms with Crippen molar-refractivity contribution in [2.45, 2.75) is 39.2 Å². The van der Waals surface area contributed by atoms with Gasteiger partial charge in [0.15, 0.2) is 0 Å². The molecule has 1 aromatic carbocycles. The Morgan fingerprint density at radius 3 is 2.67 bits per heavy atom. The zero-order valence-electron chi connectivity index (χ0n) is 11.0. The Kier molecular flexibility index (Phi) is 4.44.